The molecule has 4 aromatic carbocycles. The minimum Gasteiger partial charge on any atom is -0.448 e. The molecule has 15 heteroatoms. The number of fused-ring (bicyclic) bond motifs is 1. The van der Waals surface area contributed by atoms with Crippen molar-refractivity contribution in [2.75, 3.05) is 69.1 Å². The number of H-pyrrole nitrogens is 1. The number of anilines is 2. The van der Waals surface area contributed by atoms with Gasteiger partial charge in [-0.25, -0.2) is 17.5 Å². The topological polar surface area (TPSA) is 153 Å². The van der Waals surface area contributed by atoms with E-state index in [1.165, 1.54) is 41.5 Å². The predicted molar refractivity (Wildman–Crippen MR) is 241 cm³/mol. The minimum absolute atomic E-state index is 0.108. The number of amides is 1. The van der Waals surface area contributed by atoms with Crippen LogP contribution in [0.1, 0.15) is 68.3 Å². The maximum Gasteiger partial charge on any atom is 0.338 e. The SMILES string of the molecule is CC1(C)CCC(CN2CCN(c3cc(S(=O)(=O)NC(=O)c4ccccc4)c(Oc4cccc5[nH]ccc45)c([N+](=O)[O-])c3NCCCN3CCCC3)CC2)=C(c2ccc(F)cc2)C1. The number of halogens is 1. The van der Waals surface area contributed by atoms with Crippen molar-refractivity contribution in [2.45, 2.75) is 57.3 Å². The number of nitrogens with one attached hydrogen (secondary N) is 3. The molecule has 3 N–H and O–H groups in total. The Hall–Kier alpha value is -5.77. The Morgan fingerprint density at radius 2 is 1.68 bits per heavy atom. The van der Waals surface area contributed by atoms with Gasteiger partial charge in [0, 0.05) is 61.9 Å². The monoisotopic (exact) mass is 863 g/mol. The highest BCUT2D eigenvalue weighted by molar-refractivity contribution is 7.90. The summed E-state index contributed by atoms with van der Waals surface area (Å²) in [5.41, 5.74) is 4.47. The second kappa shape index (κ2) is 18.3. The zero-order valence-corrected chi connectivity index (χ0v) is 36.1. The highest BCUT2D eigenvalue weighted by Crippen LogP contribution is 2.49. The average Bonchev–Trinajstić information content (AvgIpc) is 3.97. The van der Waals surface area contributed by atoms with Crippen molar-refractivity contribution in [3.63, 3.8) is 0 Å². The van der Waals surface area contributed by atoms with Crippen LogP contribution in [0.4, 0.5) is 21.5 Å². The maximum absolute atomic E-state index is 14.5. The van der Waals surface area contributed by atoms with E-state index in [2.05, 4.69) is 38.7 Å². The largest absolute Gasteiger partial charge is 0.448 e. The van der Waals surface area contributed by atoms with Crippen LogP contribution >= 0.6 is 0 Å². The number of hydrogen-bond acceptors (Lipinski definition) is 10. The van der Waals surface area contributed by atoms with Gasteiger partial charge in [-0.2, -0.15) is 0 Å². The molecule has 13 nitrogen and oxygen atoms in total. The highest BCUT2D eigenvalue weighted by Gasteiger charge is 2.38. The summed E-state index contributed by atoms with van der Waals surface area (Å²) in [5, 5.41) is 17.4. The molecule has 0 radical (unpaired) electrons. The van der Waals surface area contributed by atoms with Gasteiger partial charge in [0.1, 0.15) is 22.1 Å². The van der Waals surface area contributed by atoms with Crippen LogP contribution in [0.2, 0.25) is 0 Å². The standard InChI is InChI=1S/C47H54FN7O6S/c1-47(2)20-18-35(38(31-47)33-14-16-36(48)17-15-33)32-53-26-28-54(29-27-53)40-30-42(62(59,60)51-46(56)34-10-4-3-5-11-34)45(61-41-13-8-12-39-37(41)19-22-49-39)44(55(57)58)43(40)50-21-9-25-52-23-6-7-24-52/h3-5,8,10-17,19,22,30,49-50H,6-7,9,18,20-21,23-29,31-32H2,1-2H3,(H,51,56). The van der Waals surface area contributed by atoms with Gasteiger partial charge >= 0.3 is 5.69 Å². The third-order valence-electron chi connectivity index (χ3n) is 12.4. The summed E-state index contributed by atoms with van der Waals surface area (Å²) in [6.45, 7) is 10.6. The zero-order valence-electron chi connectivity index (χ0n) is 35.3. The van der Waals surface area contributed by atoms with Crippen molar-refractivity contribution in [2.24, 2.45) is 5.41 Å². The minimum atomic E-state index is -4.78. The Bertz CT molecular complexity index is 2560. The van der Waals surface area contributed by atoms with E-state index >= 15 is 0 Å². The van der Waals surface area contributed by atoms with E-state index in [-0.39, 0.29) is 28.2 Å². The number of likely N-dealkylation sites (tertiary alicyclic amines) is 1. The first kappa shape index (κ1) is 42.9. The Morgan fingerprint density at radius 3 is 2.40 bits per heavy atom. The van der Waals surface area contributed by atoms with Gasteiger partial charge in [0.25, 0.3) is 15.9 Å². The van der Waals surface area contributed by atoms with Crippen molar-refractivity contribution < 1.29 is 27.3 Å². The molecule has 0 saturated carbocycles. The van der Waals surface area contributed by atoms with Crippen LogP contribution in [0.5, 0.6) is 11.5 Å². The van der Waals surface area contributed by atoms with Crippen LogP contribution in [0.15, 0.2) is 102 Å². The summed E-state index contributed by atoms with van der Waals surface area (Å²) < 4.78 is 51.6. The zero-order chi connectivity index (χ0) is 43.4. The Morgan fingerprint density at radius 1 is 0.935 bits per heavy atom. The number of nitrogens with zero attached hydrogens (tertiary/aromatic N) is 4. The summed E-state index contributed by atoms with van der Waals surface area (Å²) in [5.74, 6) is -1.44. The number of ether oxygens (including phenoxy) is 1. The maximum atomic E-state index is 14.5. The van der Waals surface area contributed by atoms with E-state index < -0.39 is 37.2 Å². The van der Waals surface area contributed by atoms with Gasteiger partial charge in [-0.1, -0.05) is 55.8 Å². The fourth-order valence-electron chi connectivity index (χ4n) is 8.99. The fraction of sp³-hybridized carbons (Fsp3) is 0.383. The van der Waals surface area contributed by atoms with Gasteiger partial charge in [-0.05, 0) is 123 Å². The molecule has 5 aromatic rings. The highest BCUT2D eigenvalue weighted by atomic mass is 32.2. The molecule has 0 bridgehead atoms. The van der Waals surface area contributed by atoms with Gasteiger partial charge in [0.05, 0.1) is 10.6 Å². The Balaban J connectivity index is 1.17. The first-order valence-electron chi connectivity index (χ1n) is 21.5. The third-order valence-corrected chi connectivity index (χ3v) is 13.7. The predicted octanol–water partition coefficient (Wildman–Crippen LogP) is 8.81. The Labute approximate surface area is 362 Å². The smallest absolute Gasteiger partial charge is 0.338 e. The summed E-state index contributed by atoms with van der Waals surface area (Å²) >= 11 is 0. The quantitative estimate of drug-likeness (QED) is 0.0529. The van der Waals surface area contributed by atoms with Crippen LogP contribution in [-0.2, 0) is 10.0 Å². The molecule has 8 rings (SSSR count). The van der Waals surface area contributed by atoms with Gasteiger partial charge in [0.2, 0.25) is 5.75 Å². The molecule has 62 heavy (non-hydrogen) atoms. The number of benzene rings is 4. The molecule has 1 amide bonds. The fourth-order valence-corrected chi connectivity index (χ4v) is 10.1. The molecule has 326 valence electrons. The van der Waals surface area contributed by atoms with Gasteiger partial charge < -0.3 is 24.8 Å². The number of rotatable bonds is 15. The van der Waals surface area contributed by atoms with Crippen LogP contribution in [0.3, 0.4) is 0 Å². The summed E-state index contributed by atoms with van der Waals surface area (Å²) in [6.07, 6.45) is 7.54. The second-order valence-electron chi connectivity index (χ2n) is 17.3. The van der Waals surface area contributed by atoms with Crippen LogP contribution in [0, 0.1) is 21.3 Å². The van der Waals surface area contributed by atoms with E-state index in [0.29, 0.717) is 55.7 Å². The van der Waals surface area contributed by atoms with Crippen molar-refractivity contribution in [1.82, 2.24) is 19.5 Å². The van der Waals surface area contributed by atoms with Crippen LogP contribution in [0.25, 0.3) is 16.5 Å². The van der Waals surface area contributed by atoms with E-state index in [4.69, 9.17) is 4.74 Å². The van der Waals surface area contributed by atoms with Gasteiger partial charge in [0.15, 0.2) is 0 Å². The van der Waals surface area contributed by atoms with Crippen LogP contribution < -0.4 is 19.7 Å². The molecule has 2 fully saturated rings. The lowest BCUT2D eigenvalue weighted by Crippen LogP contribution is -2.47. The number of allylic oxidation sites excluding steroid dienone is 1. The number of carbonyl (C=O) groups excluding carboxylic acids is 1. The van der Waals surface area contributed by atoms with E-state index in [0.717, 1.165) is 63.8 Å². The van der Waals surface area contributed by atoms with E-state index in [1.807, 2.05) is 23.1 Å². The number of aromatic nitrogens is 1. The number of hydrogen-bond donors (Lipinski definition) is 3. The molecule has 1 aliphatic carbocycles. The molecule has 1 aromatic heterocycles. The number of aromatic amines is 1. The first-order valence-corrected chi connectivity index (χ1v) is 23.0. The normalized spacial score (nSPS) is 17.4. The molecule has 3 aliphatic rings. The number of sulfonamides is 1. The first-order chi connectivity index (χ1) is 29.8. The number of nitro groups is 1. The van der Waals surface area contributed by atoms with Gasteiger partial charge in [-0.3, -0.25) is 19.8 Å². The molecule has 2 aliphatic heterocycles. The third kappa shape index (κ3) is 9.64. The van der Waals surface area contributed by atoms with E-state index in [9.17, 15) is 27.7 Å². The Kier molecular flexibility index (Phi) is 12.7. The molecule has 0 atom stereocenters. The molecule has 3 heterocycles. The van der Waals surface area contributed by atoms with Crippen LogP contribution in [-0.4, -0.2) is 92.9 Å². The molecular formula is C47H54FN7O6S. The second-order valence-corrected chi connectivity index (χ2v) is 19.0. The van der Waals surface area contributed by atoms with Gasteiger partial charge in [-0.15, -0.1) is 0 Å². The summed E-state index contributed by atoms with van der Waals surface area (Å²) in [6, 6.07) is 23.0. The average molecular weight is 864 g/mol. The van der Waals surface area contributed by atoms with Crippen molar-refractivity contribution in [3.05, 3.63) is 124 Å². The number of carbonyl (C=O) groups is 1. The summed E-state index contributed by atoms with van der Waals surface area (Å²) in [4.78, 5) is 35.6. The molecule has 0 unspecified atom stereocenters. The molecule has 2 saturated heterocycles. The number of nitro benzene ring substituents is 1. The lowest BCUT2D eigenvalue weighted by molar-refractivity contribution is -0.384. The van der Waals surface area contributed by atoms with Crippen molar-refractivity contribution in [1.29, 1.82) is 0 Å². The van der Waals surface area contributed by atoms with E-state index in [1.54, 1.807) is 42.6 Å². The van der Waals surface area contributed by atoms with Crippen molar-refractivity contribution in [3.8, 4) is 11.5 Å². The lowest BCUT2D eigenvalue weighted by atomic mass is 9.72. The molecule has 0 spiro atoms. The summed E-state index contributed by atoms with van der Waals surface area (Å²) in [7, 11) is -4.78. The lowest BCUT2D eigenvalue weighted by Gasteiger charge is -2.40. The molecular weight excluding hydrogens is 810 g/mol. The van der Waals surface area contributed by atoms with Crippen molar-refractivity contribution >= 4 is 49.5 Å². The number of piperazine rings is 1.